The minimum absolute atomic E-state index is 0.0138. The van der Waals surface area contributed by atoms with E-state index in [1.165, 1.54) is 25.0 Å². The van der Waals surface area contributed by atoms with Gasteiger partial charge in [0, 0.05) is 5.56 Å². The van der Waals surface area contributed by atoms with Gasteiger partial charge in [-0.05, 0) is 43.7 Å². The lowest BCUT2D eigenvalue weighted by Crippen LogP contribution is -2.21. The third kappa shape index (κ3) is 3.78. The second-order valence-electron chi connectivity index (χ2n) is 6.23. The van der Waals surface area contributed by atoms with Crippen molar-refractivity contribution < 1.29 is 18.6 Å². The van der Waals surface area contributed by atoms with Crippen molar-refractivity contribution in [3.05, 3.63) is 29.3 Å². The van der Waals surface area contributed by atoms with Gasteiger partial charge in [0.15, 0.2) is 11.6 Å². The molecule has 22 heavy (non-hydrogen) atoms. The van der Waals surface area contributed by atoms with Crippen LogP contribution in [0.4, 0.5) is 8.78 Å². The molecule has 0 bridgehead atoms. The van der Waals surface area contributed by atoms with Crippen molar-refractivity contribution in [1.82, 2.24) is 0 Å². The minimum Gasteiger partial charge on any atom is -0.491 e. The number of aliphatic hydroxyl groups excluding tert-OH is 1. The Bertz CT molecular complexity index is 482. The van der Waals surface area contributed by atoms with Gasteiger partial charge in [-0.15, -0.1) is 0 Å². The first-order chi connectivity index (χ1) is 10.6. The molecule has 0 radical (unpaired) electrons. The lowest BCUT2D eigenvalue weighted by atomic mass is 9.76. The molecule has 1 aromatic carbocycles. The van der Waals surface area contributed by atoms with Crippen LogP contribution in [0.2, 0.25) is 0 Å². The number of hydrogen-bond acceptors (Lipinski definition) is 2. The molecule has 4 heteroatoms. The number of benzene rings is 1. The number of hydrogen-bond donors (Lipinski definition) is 1. The van der Waals surface area contributed by atoms with Crippen molar-refractivity contribution in [2.75, 3.05) is 6.61 Å². The van der Waals surface area contributed by atoms with E-state index in [9.17, 15) is 13.9 Å². The predicted molar refractivity (Wildman–Crippen MR) is 82.8 cm³/mol. The molecule has 1 saturated carbocycles. The highest BCUT2D eigenvalue weighted by molar-refractivity contribution is 5.32. The van der Waals surface area contributed by atoms with Crippen LogP contribution in [0.25, 0.3) is 0 Å². The average Bonchev–Trinajstić information content (AvgIpc) is 2.53. The number of halogens is 2. The van der Waals surface area contributed by atoms with Crippen LogP contribution < -0.4 is 4.74 Å². The summed E-state index contributed by atoms with van der Waals surface area (Å²) in [6, 6.07) is 2.86. The standard InChI is InChI=1S/C18H26F2O2/c1-3-5-12-6-8-13(9-7-12)18(21)14-10-11-15(22-4-2)17(20)16(14)19/h10-13,18,21H,3-9H2,1-2H3. The van der Waals surface area contributed by atoms with Gasteiger partial charge < -0.3 is 9.84 Å². The summed E-state index contributed by atoms with van der Waals surface area (Å²) in [4.78, 5) is 0. The van der Waals surface area contributed by atoms with E-state index in [1.54, 1.807) is 6.92 Å². The van der Waals surface area contributed by atoms with Gasteiger partial charge in [-0.2, -0.15) is 4.39 Å². The molecule has 0 aromatic heterocycles. The van der Waals surface area contributed by atoms with E-state index in [1.807, 2.05) is 0 Å². The molecule has 0 heterocycles. The molecule has 2 rings (SSSR count). The Morgan fingerprint density at radius 3 is 2.41 bits per heavy atom. The highest BCUT2D eigenvalue weighted by atomic mass is 19.2. The molecule has 1 aromatic rings. The van der Waals surface area contributed by atoms with Gasteiger partial charge in [0.25, 0.3) is 0 Å². The molecule has 1 unspecified atom stereocenters. The third-order valence-corrected chi connectivity index (χ3v) is 4.73. The molecular formula is C18H26F2O2. The maximum atomic E-state index is 14.2. The van der Waals surface area contributed by atoms with Gasteiger partial charge in [0.1, 0.15) is 0 Å². The van der Waals surface area contributed by atoms with Crippen LogP contribution in [0.1, 0.15) is 64.0 Å². The van der Waals surface area contributed by atoms with Crippen LogP contribution in [0, 0.1) is 23.5 Å². The molecule has 1 aliphatic carbocycles. The Morgan fingerprint density at radius 1 is 1.14 bits per heavy atom. The van der Waals surface area contributed by atoms with E-state index < -0.39 is 17.7 Å². The third-order valence-electron chi connectivity index (χ3n) is 4.73. The van der Waals surface area contributed by atoms with Crippen molar-refractivity contribution in [3.8, 4) is 5.75 Å². The van der Waals surface area contributed by atoms with Gasteiger partial charge in [0.2, 0.25) is 5.82 Å². The Kier molecular flexibility index (Phi) is 6.18. The fourth-order valence-electron chi connectivity index (χ4n) is 3.50. The zero-order valence-corrected chi connectivity index (χ0v) is 13.4. The molecule has 0 saturated heterocycles. The highest BCUT2D eigenvalue weighted by Gasteiger charge is 2.30. The number of rotatable bonds is 6. The minimum atomic E-state index is -1.00. The summed E-state index contributed by atoms with van der Waals surface area (Å²) in [6.07, 6.45) is 5.34. The van der Waals surface area contributed by atoms with Gasteiger partial charge in [-0.1, -0.05) is 32.6 Å². The summed E-state index contributed by atoms with van der Waals surface area (Å²) in [7, 11) is 0. The zero-order valence-electron chi connectivity index (χ0n) is 13.4. The summed E-state index contributed by atoms with van der Waals surface area (Å²) >= 11 is 0. The summed E-state index contributed by atoms with van der Waals surface area (Å²) in [5.41, 5.74) is 0.0555. The van der Waals surface area contributed by atoms with Crippen LogP contribution in [-0.4, -0.2) is 11.7 Å². The van der Waals surface area contributed by atoms with E-state index >= 15 is 0 Å². The van der Waals surface area contributed by atoms with E-state index in [2.05, 4.69) is 6.92 Å². The summed E-state index contributed by atoms with van der Waals surface area (Å²) in [5.74, 6) is -1.34. The van der Waals surface area contributed by atoms with E-state index in [0.717, 1.165) is 31.6 Å². The Hall–Kier alpha value is -1.16. The van der Waals surface area contributed by atoms with Crippen LogP contribution in [0.3, 0.4) is 0 Å². The first-order valence-corrected chi connectivity index (χ1v) is 8.37. The monoisotopic (exact) mass is 312 g/mol. The molecule has 2 nitrogen and oxygen atoms in total. The second-order valence-corrected chi connectivity index (χ2v) is 6.23. The summed E-state index contributed by atoms with van der Waals surface area (Å²) in [6.45, 7) is 4.17. The molecule has 1 N–H and O–H groups in total. The Labute approximate surface area is 131 Å². The van der Waals surface area contributed by atoms with Gasteiger partial charge >= 0.3 is 0 Å². The van der Waals surface area contributed by atoms with E-state index in [0.29, 0.717) is 0 Å². The molecule has 1 aliphatic rings. The van der Waals surface area contributed by atoms with Crippen molar-refractivity contribution >= 4 is 0 Å². The van der Waals surface area contributed by atoms with E-state index in [4.69, 9.17) is 4.74 Å². The maximum Gasteiger partial charge on any atom is 0.200 e. The summed E-state index contributed by atoms with van der Waals surface area (Å²) in [5, 5.41) is 10.4. The average molecular weight is 312 g/mol. The lowest BCUT2D eigenvalue weighted by Gasteiger charge is -2.31. The Balaban J connectivity index is 2.07. The molecule has 0 amide bonds. The van der Waals surface area contributed by atoms with Crippen molar-refractivity contribution in [3.63, 3.8) is 0 Å². The molecular weight excluding hydrogens is 286 g/mol. The smallest absolute Gasteiger partial charge is 0.200 e. The fourth-order valence-corrected chi connectivity index (χ4v) is 3.50. The highest BCUT2D eigenvalue weighted by Crippen LogP contribution is 2.39. The topological polar surface area (TPSA) is 29.5 Å². The van der Waals surface area contributed by atoms with Gasteiger partial charge in [-0.3, -0.25) is 0 Å². The first-order valence-electron chi connectivity index (χ1n) is 8.37. The predicted octanol–water partition coefficient (Wildman–Crippen LogP) is 5.00. The van der Waals surface area contributed by atoms with Crippen molar-refractivity contribution in [2.24, 2.45) is 11.8 Å². The molecule has 1 fully saturated rings. The largest absolute Gasteiger partial charge is 0.491 e. The fraction of sp³-hybridized carbons (Fsp3) is 0.667. The Morgan fingerprint density at radius 2 is 1.82 bits per heavy atom. The summed E-state index contributed by atoms with van der Waals surface area (Å²) < 4.78 is 33.1. The lowest BCUT2D eigenvalue weighted by molar-refractivity contribution is 0.0686. The van der Waals surface area contributed by atoms with Crippen LogP contribution in [0.5, 0.6) is 5.75 Å². The molecule has 0 aliphatic heterocycles. The number of ether oxygens (including phenoxy) is 1. The van der Waals surface area contributed by atoms with Crippen LogP contribution >= 0.6 is 0 Å². The van der Waals surface area contributed by atoms with E-state index in [-0.39, 0.29) is 23.8 Å². The normalized spacial score (nSPS) is 23.3. The van der Waals surface area contributed by atoms with Crippen molar-refractivity contribution in [1.29, 1.82) is 0 Å². The quantitative estimate of drug-likeness (QED) is 0.800. The van der Waals surface area contributed by atoms with Crippen LogP contribution in [-0.2, 0) is 0 Å². The zero-order chi connectivity index (χ0) is 16.1. The van der Waals surface area contributed by atoms with Gasteiger partial charge in [-0.25, -0.2) is 4.39 Å². The van der Waals surface area contributed by atoms with Crippen molar-refractivity contribution in [2.45, 2.75) is 58.5 Å². The maximum absolute atomic E-state index is 14.2. The molecule has 0 spiro atoms. The first kappa shape index (κ1) is 17.2. The van der Waals surface area contributed by atoms with Gasteiger partial charge in [0.05, 0.1) is 12.7 Å². The second kappa shape index (κ2) is 7.91. The SMILES string of the molecule is CCCC1CCC(C(O)c2ccc(OCC)c(F)c2F)CC1. The molecule has 124 valence electrons. The number of aliphatic hydroxyl groups is 1. The molecule has 1 atom stereocenters. The van der Waals surface area contributed by atoms with Crippen LogP contribution in [0.15, 0.2) is 12.1 Å².